The van der Waals surface area contributed by atoms with Gasteiger partial charge in [-0.25, -0.2) is 0 Å². The molecule has 0 radical (unpaired) electrons. The maximum atomic E-state index is 7.77. The van der Waals surface area contributed by atoms with Crippen molar-refractivity contribution >= 4 is 5.71 Å². The van der Waals surface area contributed by atoms with Crippen molar-refractivity contribution in [3.05, 3.63) is 48.6 Å². The molecule has 14 heavy (non-hydrogen) atoms. The van der Waals surface area contributed by atoms with Crippen LogP contribution in [0.25, 0.3) is 0 Å². The number of nitrogens with zero attached hydrogens (tertiary/aromatic N) is 4. The molecule has 2 rings (SSSR count). The summed E-state index contributed by atoms with van der Waals surface area (Å²) in [5.74, 6) is 0. The van der Waals surface area contributed by atoms with Crippen LogP contribution in [0.3, 0.4) is 0 Å². The number of rotatable bonds is 2. The van der Waals surface area contributed by atoms with Gasteiger partial charge in [0.05, 0.1) is 12.4 Å². The van der Waals surface area contributed by atoms with Crippen LogP contribution in [0.1, 0.15) is 11.4 Å². The van der Waals surface area contributed by atoms with E-state index in [1.54, 1.807) is 24.8 Å². The van der Waals surface area contributed by atoms with Crippen LogP contribution in [0.15, 0.2) is 37.2 Å². The molecule has 0 saturated carbocycles. The van der Waals surface area contributed by atoms with Crippen molar-refractivity contribution in [2.75, 3.05) is 0 Å². The standard InChI is InChI=1S/C9H7N5/c10-9(7-5-11-1-3-13-7)8-6-12-2-4-14-8/h1-6,10H. The molecule has 2 aromatic rings. The minimum atomic E-state index is 0.228. The first-order valence-corrected chi connectivity index (χ1v) is 3.99. The van der Waals surface area contributed by atoms with Gasteiger partial charge >= 0.3 is 0 Å². The summed E-state index contributed by atoms with van der Waals surface area (Å²) in [6.45, 7) is 0. The molecule has 0 atom stereocenters. The predicted molar refractivity (Wildman–Crippen MR) is 50.0 cm³/mol. The van der Waals surface area contributed by atoms with E-state index in [-0.39, 0.29) is 5.71 Å². The molecule has 0 aromatic carbocycles. The van der Waals surface area contributed by atoms with Crippen LogP contribution in [-0.2, 0) is 0 Å². The maximum Gasteiger partial charge on any atom is 0.109 e. The molecule has 1 N–H and O–H groups in total. The molecule has 0 bridgehead atoms. The van der Waals surface area contributed by atoms with Gasteiger partial charge in [0.25, 0.3) is 0 Å². The summed E-state index contributed by atoms with van der Waals surface area (Å²) >= 11 is 0. The van der Waals surface area contributed by atoms with E-state index in [1.807, 2.05) is 0 Å². The maximum absolute atomic E-state index is 7.77. The van der Waals surface area contributed by atoms with Crippen molar-refractivity contribution in [1.29, 1.82) is 5.41 Å². The Hall–Kier alpha value is -2.17. The molecule has 5 nitrogen and oxygen atoms in total. The molecule has 0 saturated heterocycles. The molecule has 0 spiro atoms. The highest BCUT2D eigenvalue weighted by Crippen LogP contribution is 2.00. The van der Waals surface area contributed by atoms with Gasteiger partial charge in [-0.2, -0.15) is 0 Å². The lowest BCUT2D eigenvalue weighted by atomic mass is 10.2. The molecular formula is C9H7N5. The van der Waals surface area contributed by atoms with E-state index in [4.69, 9.17) is 5.41 Å². The van der Waals surface area contributed by atoms with E-state index in [0.717, 1.165) is 0 Å². The molecule has 2 aromatic heterocycles. The average Bonchev–Trinajstić information content (AvgIpc) is 2.30. The molecule has 0 aliphatic carbocycles. The van der Waals surface area contributed by atoms with Crippen molar-refractivity contribution in [3.63, 3.8) is 0 Å². The topological polar surface area (TPSA) is 75.4 Å². The van der Waals surface area contributed by atoms with Crippen molar-refractivity contribution in [3.8, 4) is 0 Å². The summed E-state index contributed by atoms with van der Waals surface area (Å²) in [5, 5.41) is 7.77. The van der Waals surface area contributed by atoms with Crippen LogP contribution < -0.4 is 0 Å². The monoisotopic (exact) mass is 185 g/mol. The van der Waals surface area contributed by atoms with Crippen LogP contribution in [0.5, 0.6) is 0 Å². The Balaban J connectivity index is 2.35. The van der Waals surface area contributed by atoms with Gasteiger partial charge in [-0.15, -0.1) is 0 Å². The van der Waals surface area contributed by atoms with Gasteiger partial charge in [0.2, 0.25) is 0 Å². The zero-order chi connectivity index (χ0) is 9.80. The molecule has 2 heterocycles. The molecule has 0 unspecified atom stereocenters. The summed E-state index contributed by atoms with van der Waals surface area (Å²) in [7, 11) is 0. The first kappa shape index (κ1) is 8.43. The summed E-state index contributed by atoms with van der Waals surface area (Å²) in [4.78, 5) is 15.8. The van der Waals surface area contributed by atoms with Crippen LogP contribution in [-0.4, -0.2) is 25.6 Å². The second kappa shape index (κ2) is 3.69. The third-order valence-corrected chi connectivity index (χ3v) is 1.64. The van der Waals surface area contributed by atoms with E-state index < -0.39 is 0 Å². The Morgan fingerprint density at radius 3 is 1.71 bits per heavy atom. The van der Waals surface area contributed by atoms with E-state index >= 15 is 0 Å². The SMILES string of the molecule is N=C(c1cnccn1)c1cnccn1. The normalized spacial score (nSPS) is 9.71. The Labute approximate surface area is 80.4 Å². The van der Waals surface area contributed by atoms with Gasteiger partial charge in [0.15, 0.2) is 0 Å². The van der Waals surface area contributed by atoms with E-state index in [1.165, 1.54) is 12.4 Å². The van der Waals surface area contributed by atoms with E-state index in [2.05, 4.69) is 19.9 Å². The average molecular weight is 185 g/mol. The minimum absolute atomic E-state index is 0.228. The lowest BCUT2D eigenvalue weighted by Gasteiger charge is -1.99. The van der Waals surface area contributed by atoms with Gasteiger partial charge < -0.3 is 0 Å². The smallest absolute Gasteiger partial charge is 0.109 e. The molecule has 68 valence electrons. The van der Waals surface area contributed by atoms with Crippen LogP contribution in [0.2, 0.25) is 0 Å². The predicted octanol–water partition coefficient (Wildman–Crippen LogP) is 0.683. The largest absolute Gasteiger partial charge is 0.296 e. The minimum Gasteiger partial charge on any atom is -0.296 e. The zero-order valence-electron chi connectivity index (χ0n) is 7.25. The van der Waals surface area contributed by atoms with Gasteiger partial charge in [0.1, 0.15) is 17.1 Å². The van der Waals surface area contributed by atoms with Gasteiger partial charge in [-0.05, 0) is 0 Å². The summed E-state index contributed by atoms with van der Waals surface area (Å²) in [6.07, 6.45) is 9.26. The fourth-order valence-corrected chi connectivity index (χ4v) is 0.988. The van der Waals surface area contributed by atoms with Gasteiger partial charge in [0, 0.05) is 24.8 Å². The Morgan fingerprint density at radius 2 is 1.36 bits per heavy atom. The third-order valence-electron chi connectivity index (χ3n) is 1.64. The van der Waals surface area contributed by atoms with E-state index in [9.17, 15) is 0 Å². The lowest BCUT2D eigenvalue weighted by Crippen LogP contribution is -2.06. The molecule has 0 aliphatic heterocycles. The summed E-state index contributed by atoms with van der Waals surface area (Å²) in [6, 6.07) is 0. The third kappa shape index (κ3) is 1.61. The Bertz CT molecular complexity index is 384. The van der Waals surface area contributed by atoms with Crippen LogP contribution >= 0.6 is 0 Å². The summed E-state index contributed by atoms with van der Waals surface area (Å²) < 4.78 is 0. The fourth-order valence-electron chi connectivity index (χ4n) is 0.988. The van der Waals surface area contributed by atoms with Crippen LogP contribution in [0.4, 0.5) is 0 Å². The zero-order valence-corrected chi connectivity index (χ0v) is 7.25. The van der Waals surface area contributed by atoms with Crippen molar-refractivity contribution in [2.45, 2.75) is 0 Å². The Kier molecular flexibility index (Phi) is 2.22. The van der Waals surface area contributed by atoms with Crippen molar-refractivity contribution in [2.24, 2.45) is 0 Å². The van der Waals surface area contributed by atoms with Crippen molar-refractivity contribution < 1.29 is 0 Å². The molecular weight excluding hydrogens is 178 g/mol. The molecule has 0 amide bonds. The number of nitrogens with one attached hydrogen (secondary N) is 1. The quantitative estimate of drug-likeness (QED) is 0.698. The van der Waals surface area contributed by atoms with E-state index in [0.29, 0.717) is 11.4 Å². The highest BCUT2D eigenvalue weighted by Gasteiger charge is 2.06. The lowest BCUT2D eigenvalue weighted by molar-refractivity contribution is 1.13. The van der Waals surface area contributed by atoms with Crippen molar-refractivity contribution in [1.82, 2.24) is 19.9 Å². The second-order valence-electron chi connectivity index (χ2n) is 2.56. The summed E-state index contributed by atoms with van der Waals surface area (Å²) in [5.41, 5.74) is 1.22. The van der Waals surface area contributed by atoms with Crippen LogP contribution in [0, 0.1) is 5.41 Å². The first-order valence-electron chi connectivity index (χ1n) is 3.99. The highest BCUT2D eigenvalue weighted by molar-refractivity contribution is 6.07. The number of hydrogen-bond donors (Lipinski definition) is 1. The first-order chi connectivity index (χ1) is 6.88. The number of hydrogen-bond acceptors (Lipinski definition) is 5. The molecule has 0 fully saturated rings. The fraction of sp³-hybridized carbons (Fsp3) is 0. The number of aromatic nitrogens is 4. The highest BCUT2D eigenvalue weighted by atomic mass is 14.8. The van der Waals surface area contributed by atoms with Gasteiger partial charge in [-0.3, -0.25) is 25.3 Å². The Morgan fingerprint density at radius 1 is 0.857 bits per heavy atom. The second-order valence-corrected chi connectivity index (χ2v) is 2.56. The molecule has 5 heteroatoms. The molecule has 0 aliphatic rings. The van der Waals surface area contributed by atoms with Gasteiger partial charge in [-0.1, -0.05) is 0 Å².